The van der Waals surface area contributed by atoms with Gasteiger partial charge in [0.05, 0.1) is 0 Å². The van der Waals surface area contributed by atoms with Crippen molar-refractivity contribution in [3.05, 3.63) is 15.5 Å². The summed E-state index contributed by atoms with van der Waals surface area (Å²) in [5, 5.41) is 11.5. The van der Waals surface area contributed by atoms with E-state index in [1.165, 1.54) is 22.6 Å². The van der Waals surface area contributed by atoms with Gasteiger partial charge in [-0.05, 0) is 0 Å². The number of benzene rings is 1. The van der Waals surface area contributed by atoms with Crippen LogP contribution in [0.5, 0.6) is 5.75 Å². The van der Waals surface area contributed by atoms with Crippen molar-refractivity contribution in [2.24, 2.45) is 0 Å². The number of anilines is 1. The zero-order valence-electron chi connectivity index (χ0n) is 8.44. The van der Waals surface area contributed by atoms with Crippen LogP contribution in [0.3, 0.4) is 0 Å². The molecule has 4 N–H and O–H groups in total. The summed E-state index contributed by atoms with van der Waals surface area (Å²) in [6, 6.07) is 0.904. The third-order valence-electron chi connectivity index (χ3n) is 1.79. The van der Waals surface area contributed by atoms with Crippen LogP contribution in [0.4, 0.5) is 10.1 Å². The predicted octanol–water partition coefficient (Wildman–Crippen LogP) is -0.345. The van der Waals surface area contributed by atoms with Crippen molar-refractivity contribution in [2.45, 2.75) is 6.92 Å². The maximum absolute atomic E-state index is 13.4. The first-order chi connectivity index (χ1) is 7.64. The maximum atomic E-state index is 13.4. The van der Waals surface area contributed by atoms with E-state index >= 15 is 0 Å². The quantitative estimate of drug-likeness (QED) is 0.298. The Labute approximate surface area is 112 Å². The molecule has 1 rings (SSSR count). The number of aromatic hydroxyl groups is 1. The molecule has 0 aliphatic rings. The van der Waals surface area contributed by atoms with E-state index < -0.39 is 41.7 Å². The zero-order valence-corrected chi connectivity index (χ0v) is 12.5. The van der Waals surface area contributed by atoms with Crippen LogP contribution < -0.4 is 9.67 Å². The molecule has 0 aromatic heterocycles. The molecule has 0 bridgehead atoms. The second-order valence-electron chi connectivity index (χ2n) is 3.14. The number of phenolic OH excluding ortho intramolecular Hbond substituents is 1. The number of carbonyl (C=O) groups is 1. The van der Waals surface area contributed by atoms with Crippen LogP contribution in [-0.2, 0) is 8.53 Å². The van der Waals surface area contributed by atoms with Gasteiger partial charge in [-0.2, -0.15) is 0 Å². The molecular weight excluding hydrogens is 411 g/mol. The number of carbonyl (C=O) groups excluding carboxylic acids is 1. The molecule has 0 spiro atoms. The Bertz CT molecular complexity index is 529. The summed E-state index contributed by atoms with van der Waals surface area (Å²) >= 11 is -3.89. The van der Waals surface area contributed by atoms with E-state index in [9.17, 15) is 18.0 Å². The summed E-state index contributed by atoms with van der Waals surface area (Å²) < 4.78 is 42.1. The fraction of sp³-hybridized carbons (Fsp3) is 0.125. The van der Waals surface area contributed by atoms with Crippen LogP contribution in [-0.4, -0.2) is 33.4 Å². The fourth-order valence-electron chi connectivity index (χ4n) is 1.13. The molecule has 0 heterocycles. The number of amides is 1. The van der Waals surface area contributed by atoms with Gasteiger partial charge in [0.1, 0.15) is 0 Å². The Morgan fingerprint density at radius 2 is 2.06 bits per heavy atom. The zero-order chi connectivity index (χ0) is 13.4. The van der Waals surface area contributed by atoms with Gasteiger partial charge in [-0.3, -0.25) is 0 Å². The molecule has 0 atom stereocenters. The minimum absolute atomic E-state index is 0.145. The van der Waals surface area contributed by atoms with Crippen molar-refractivity contribution in [3.63, 3.8) is 0 Å². The Morgan fingerprint density at radius 1 is 1.53 bits per heavy atom. The summed E-state index contributed by atoms with van der Waals surface area (Å²) in [4.78, 5) is 10.8. The Morgan fingerprint density at radius 3 is 2.47 bits per heavy atom. The van der Waals surface area contributed by atoms with E-state index in [4.69, 9.17) is 8.19 Å². The molecule has 0 aliphatic heterocycles. The summed E-state index contributed by atoms with van der Waals surface area (Å²) in [7, 11) is 0. The molecule has 0 saturated heterocycles. The van der Waals surface area contributed by atoms with E-state index in [0.717, 1.165) is 13.0 Å². The number of phenols is 1. The van der Waals surface area contributed by atoms with Gasteiger partial charge in [-0.1, -0.05) is 0 Å². The van der Waals surface area contributed by atoms with Crippen LogP contribution in [0.2, 0.25) is 0 Å². The van der Waals surface area contributed by atoms with Crippen LogP contribution >= 0.6 is 22.6 Å². The van der Waals surface area contributed by atoms with Gasteiger partial charge in [0.2, 0.25) is 0 Å². The van der Waals surface area contributed by atoms with E-state index in [0.29, 0.717) is 0 Å². The van der Waals surface area contributed by atoms with E-state index in [1.807, 2.05) is 5.32 Å². The van der Waals surface area contributed by atoms with Gasteiger partial charge in [0, 0.05) is 0 Å². The predicted molar refractivity (Wildman–Crippen MR) is 65.6 cm³/mol. The van der Waals surface area contributed by atoms with Crippen molar-refractivity contribution >= 4 is 52.7 Å². The molecule has 0 aliphatic carbocycles. The van der Waals surface area contributed by atoms with E-state index in [1.54, 1.807) is 0 Å². The average Bonchev–Trinajstić information content (AvgIpc) is 2.16. The Hall–Kier alpha value is -0.572. The normalized spacial score (nSPS) is 11.4. The van der Waals surface area contributed by atoms with Gasteiger partial charge >= 0.3 is 112 Å². The van der Waals surface area contributed by atoms with Gasteiger partial charge in [0.15, 0.2) is 0 Å². The number of rotatable bonds is 2. The number of nitrogens with one attached hydrogen (secondary N) is 1. The minimum atomic E-state index is -5.38. The van der Waals surface area contributed by atoms with E-state index in [-0.39, 0.29) is 3.57 Å². The first-order valence-electron chi connectivity index (χ1n) is 4.19. The average molecular weight is 419 g/mol. The van der Waals surface area contributed by atoms with Crippen LogP contribution in [0, 0.1) is 9.39 Å². The molecule has 0 fully saturated rings. The van der Waals surface area contributed by atoms with Crippen molar-refractivity contribution in [2.75, 3.05) is 5.32 Å². The molecule has 6 nitrogen and oxygen atoms in total. The molecule has 0 radical (unpaired) electrons. The third kappa shape index (κ3) is 3.21. The van der Waals surface area contributed by atoms with Crippen molar-refractivity contribution in [1.29, 1.82) is 0 Å². The van der Waals surface area contributed by atoms with Gasteiger partial charge in [-0.25, -0.2) is 0 Å². The second kappa shape index (κ2) is 4.97. The fourth-order valence-corrected chi connectivity index (χ4v) is 3.80. The Balaban J connectivity index is 3.58. The molecule has 1 amide bonds. The molecule has 1 aromatic rings. The van der Waals surface area contributed by atoms with Crippen molar-refractivity contribution in [1.82, 2.24) is 0 Å². The molecule has 1 aromatic carbocycles. The number of hydrogen-bond acceptors (Lipinski definition) is 3. The van der Waals surface area contributed by atoms with Crippen LogP contribution in [0.1, 0.15) is 6.92 Å². The monoisotopic (exact) mass is 419 g/mol. The van der Waals surface area contributed by atoms with Crippen LogP contribution in [0.25, 0.3) is 0 Å². The third-order valence-corrected chi connectivity index (χ3v) is 4.63. The molecular formula is C8H8AsFINO5. The molecule has 94 valence electrons. The summed E-state index contributed by atoms with van der Waals surface area (Å²) in [6.07, 6.45) is 0. The van der Waals surface area contributed by atoms with Crippen molar-refractivity contribution < 1.29 is 26.2 Å². The SMILES string of the molecule is CC(=O)Nc1c([As](=O)(O)O)cc(I)c(F)c1O. The molecule has 9 heteroatoms. The number of halogens is 2. The first kappa shape index (κ1) is 14.5. The van der Waals surface area contributed by atoms with Crippen molar-refractivity contribution in [3.8, 4) is 5.75 Å². The van der Waals surface area contributed by atoms with Gasteiger partial charge in [0.25, 0.3) is 0 Å². The van der Waals surface area contributed by atoms with Crippen LogP contribution in [0.15, 0.2) is 6.07 Å². The molecule has 17 heavy (non-hydrogen) atoms. The standard InChI is InChI=1S/C8H8AsFINO5/c1-3(13)12-7-4(9(15,16)17)2-5(11)6(10)8(7)14/h2,14H,1H3,(H,12,13)(H2,15,16,17). The summed E-state index contributed by atoms with van der Waals surface area (Å²) in [5.74, 6) is -2.69. The second-order valence-corrected chi connectivity index (χ2v) is 7.60. The Kier molecular flexibility index (Phi) is 4.23. The van der Waals surface area contributed by atoms with Gasteiger partial charge in [-0.15, -0.1) is 0 Å². The van der Waals surface area contributed by atoms with Gasteiger partial charge < -0.3 is 0 Å². The summed E-state index contributed by atoms with van der Waals surface area (Å²) in [5.41, 5.74) is -0.581. The molecule has 0 saturated carbocycles. The first-order valence-corrected chi connectivity index (χ1v) is 8.65. The van der Waals surface area contributed by atoms with E-state index in [2.05, 4.69) is 0 Å². The summed E-state index contributed by atoms with van der Waals surface area (Å²) in [6.45, 7) is 1.07. The molecule has 0 unspecified atom stereocenters. The number of hydrogen-bond donors (Lipinski definition) is 4. The topological polar surface area (TPSA) is 107 Å².